The van der Waals surface area contributed by atoms with Crippen LogP contribution in [0.3, 0.4) is 0 Å². The first-order chi connectivity index (χ1) is 9.07. The Morgan fingerprint density at radius 2 is 2.11 bits per heavy atom. The van der Waals surface area contributed by atoms with Gasteiger partial charge in [0.1, 0.15) is 5.82 Å². The first-order valence-electron chi connectivity index (χ1n) is 7.15. The normalized spacial score (nSPS) is 18.7. The lowest BCUT2D eigenvalue weighted by Gasteiger charge is -2.42. The molecule has 2 rings (SSSR count). The maximum atomic E-state index is 14.1. The van der Waals surface area contributed by atoms with Crippen LogP contribution in [0, 0.1) is 5.82 Å². The second-order valence-electron chi connectivity index (χ2n) is 5.74. The van der Waals surface area contributed by atoms with E-state index in [2.05, 4.69) is 36.0 Å². The van der Waals surface area contributed by atoms with Crippen LogP contribution in [0.2, 0.25) is 0 Å². The summed E-state index contributed by atoms with van der Waals surface area (Å²) in [6.07, 6.45) is 5.45. The zero-order valence-corrected chi connectivity index (χ0v) is 12.1. The van der Waals surface area contributed by atoms with Crippen LogP contribution < -0.4 is 5.32 Å². The van der Waals surface area contributed by atoms with E-state index < -0.39 is 0 Å². The minimum atomic E-state index is -0.222. The Kier molecular flexibility index (Phi) is 4.53. The fraction of sp³-hybridized carbons (Fsp3) is 0.667. The van der Waals surface area contributed by atoms with Gasteiger partial charge in [-0.1, -0.05) is 6.92 Å². The van der Waals surface area contributed by atoms with Gasteiger partial charge in [-0.25, -0.2) is 4.39 Å². The molecule has 106 valence electrons. The average Bonchev–Trinajstić information content (AvgIpc) is 2.91. The molecule has 0 aliphatic carbocycles. The van der Waals surface area contributed by atoms with Crippen LogP contribution in [0.15, 0.2) is 18.5 Å². The summed E-state index contributed by atoms with van der Waals surface area (Å²) in [6, 6.07) is 1.78. The summed E-state index contributed by atoms with van der Waals surface area (Å²) in [5.74, 6) is -0.222. The molecule has 1 atom stereocenters. The van der Waals surface area contributed by atoms with Crippen molar-refractivity contribution < 1.29 is 4.39 Å². The van der Waals surface area contributed by atoms with Gasteiger partial charge in [0.05, 0.1) is 12.2 Å². The molecule has 1 aliphatic rings. The third kappa shape index (κ3) is 2.95. The van der Waals surface area contributed by atoms with Gasteiger partial charge in [0, 0.05) is 17.3 Å². The van der Waals surface area contributed by atoms with E-state index in [0.29, 0.717) is 5.56 Å². The number of rotatable bonds is 5. The highest BCUT2D eigenvalue weighted by Gasteiger charge is 2.38. The minimum absolute atomic E-state index is 0.0152. The van der Waals surface area contributed by atoms with Gasteiger partial charge in [-0.05, 0) is 52.4 Å². The van der Waals surface area contributed by atoms with Crippen molar-refractivity contribution in [3.05, 3.63) is 29.8 Å². The predicted octanol–water partition coefficient (Wildman–Crippen LogP) is 2.75. The van der Waals surface area contributed by atoms with E-state index in [1.54, 1.807) is 12.3 Å². The van der Waals surface area contributed by atoms with E-state index in [9.17, 15) is 4.39 Å². The van der Waals surface area contributed by atoms with Gasteiger partial charge in [-0.2, -0.15) is 0 Å². The Hall–Kier alpha value is -1.00. The Morgan fingerprint density at radius 1 is 1.42 bits per heavy atom. The first kappa shape index (κ1) is 14.4. The summed E-state index contributed by atoms with van der Waals surface area (Å²) >= 11 is 0. The Morgan fingerprint density at radius 3 is 2.68 bits per heavy atom. The number of pyridine rings is 1. The number of likely N-dealkylation sites (tertiary alicyclic amines) is 1. The zero-order valence-electron chi connectivity index (χ0n) is 12.1. The van der Waals surface area contributed by atoms with Crippen molar-refractivity contribution in [3.63, 3.8) is 0 Å². The highest BCUT2D eigenvalue weighted by Crippen LogP contribution is 2.34. The van der Waals surface area contributed by atoms with Crippen molar-refractivity contribution in [2.45, 2.75) is 45.2 Å². The number of likely N-dealkylation sites (N-methyl/N-ethyl adjacent to an activating group) is 1. The molecule has 1 saturated heterocycles. The van der Waals surface area contributed by atoms with Crippen molar-refractivity contribution in [3.8, 4) is 0 Å². The molecule has 1 aromatic heterocycles. The van der Waals surface area contributed by atoms with Gasteiger partial charge in [-0.3, -0.25) is 9.88 Å². The zero-order chi connectivity index (χ0) is 13.9. The van der Waals surface area contributed by atoms with Crippen LogP contribution in [-0.4, -0.2) is 35.1 Å². The molecule has 3 nitrogen and oxygen atoms in total. The molecule has 0 saturated carbocycles. The average molecular weight is 265 g/mol. The molecule has 19 heavy (non-hydrogen) atoms. The first-order valence-corrected chi connectivity index (χ1v) is 7.15. The summed E-state index contributed by atoms with van der Waals surface area (Å²) in [4.78, 5) is 6.31. The quantitative estimate of drug-likeness (QED) is 0.887. The van der Waals surface area contributed by atoms with Gasteiger partial charge in [0.25, 0.3) is 0 Å². The lowest BCUT2D eigenvalue weighted by molar-refractivity contribution is 0.106. The summed E-state index contributed by atoms with van der Waals surface area (Å²) in [7, 11) is 0. The monoisotopic (exact) mass is 265 g/mol. The lowest BCUT2D eigenvalue weighted by atomic mass is 9.87. The largest absolute Gasteiger partial charge is 0.309 e. The van der Waals surface area contributed by atoms with Crippen molar-refractivity contribution in [1.29, 1.82) is 0 Å². The number of hydrogen-bond acceptors (Lipinski definition) is 3. The van der Waals surface area contributed by atoms with E-state index in [1.807, 2.05) is 0 Å². The molecule has 1 fully saturated rings. The molecule has 0 spiro atoms. The summed E-state index contributed by atoms with van der Waals surface area (Å²) in [6.45, 7) is 9.48. The molecule has 1 N–H and O–H groups in total. The van der Waals surface area contributed by atoms with Crippen LogP contribution in [0.1, 0.15) is 45.2 Å². The van der Waals surface area contributed by atoms with E-state index >= 15 is 0 Å². The van der Waals surface area contributed by atoms with Crippen LogP contribution in [0.25, 0.3) is 0 Å². The molecular weight excluding hydrogens is 241 g/mol. The summed E-state index contributed by atoms with van der Waals surface area (Å²) < 4.78 is 14.1. The van der Waals surface area contributed by atoms with Crippen molar-refractivity contribution >= 4 is 0 Å². The third-order valence-corrected chi connectivity index (χ3v) is 4.15. The highest BCUT2D eigenvalue weighted by molar-refractivity contribution is 5.22. The molecular formula is C15H24FN3. The van der Waals surface area contributed by atoms with E-state index in [-0.39, 0.29) is 17.4 Å². The topological polar surface area (TPSA) is 28.2 Å². The van der Waals surface area contributed by atoms with Crippen LogP contribution in [0.5, 0.6) is 0 Å². The molecule has 1 aromatic rings. The molecule has 0 radical (unpaired) electrons. The molecule has 2 heterocycles. The molecule has 0 aromatic carbocycles. The van der Waals surface area contributed by atoms with Crippen LogP contribution in [0.4, 0.5) is 4.39 Å². The molecule has 4 heteroatoms. The van der Waals surface area contributed by atoms with Crippen molar-refractivity contribution in [1.82, 2.24) is 15.2 Å². The van der Waals surface area contributed by atoms with E-state index in [4.69, 9.17) is 0 Å². The Bertz CT molecular complexity index is 414. The lowest BCUT2D eigenvalue weighted by Crippen LogP contribution is -2.51. The number of halogens is 1. The SMILES string of the molecule is CCNC(c1ccncc1F)C(C)(C)N1CCCC1. The van der Waals surface area contributed by atoms with Crippen molar-refractivity contribution in [2.75, 3.05) is 19.6 Å². The van der Waals surface area contributed by atoms with Crippen LogP contribution in [-0.2, 0) is 0 Å². The molecule has 1 unspecified atom stereocenters. The smallest absolute Gasteiger partial charge is 0.146 e. The number of nitrogens with one attached hydrogen (secondary N) is 1. The fourth-order valence-electron chi connectivity index (χ4n) is 3.04. The highest BCUT2D eigenvalue weighted by atomic mass is 19.1. The Labute approximate surface area is 115 Å². The predicted molar refractivity (Wildman–Crippen MR) is 75.5 cm³/mol. The molecule has 1 aliphatic heterocycles. The van der Waals surface area contributed by atoms with Gasteiger partial charge in [-0.15, -0.1) is 0 Å². The number of nitrogens with zero attached hydrogens (tertiary/aromatic N) is 2. The van der Waals surface area contributed by atoms with Crippen molar-refractivity contribution in [2.24, 2.45) is 0 Å². The maximum absolute atomic E-state index is 14.1. The third-order valence-electron chi connectivity index (χ3n) is 4.15. The second kappa shape index (κ2) is 5.97. The number of hydrogen-bond donors (Lipinski definition) is 1. The Balaban J connectivity index is 2.31. The second-order valence-corrected chi connectivity index (χ2v) is 5.74. The van der Waals surface area contributed by atoms with Gasteiger partial charge in [0.15, 0.2) is 0 Å². The maximum Gasteiger partial charge on any atom is 0.146 e. The molecule has 0 amide bonds. The number of aromatic nitrogens is 1. The van der Waals surface area contributed by atoms with Gasteiger partial charge < -0.3 is 5.32 Å². The van der Waals surface area contributed by atoms with E-state index in [1.165, 1.54) is 19.0 Å². The van der Waals surface area contributed by atoms with Gasteiger partial charge >= 0.3 is 0 Å². The van der Waals surface area contributed by atoms with Crippen LogP contribution >= 0.6 is 0 Å². The fourth-order valence-corrected chi connectivity index (χ4v) is 3.04. The van der Waals surface area contributed by atoms with Gasteiger partial charge in [0.2, 0.25) is 0 Å². The summed E-state index contributed by atoms with van der Waals surface area (Å²) in [5.41, 5.74) is 0.614. The van der Waals surface area contributed by atoms with E-state index in [0.717, 1.165) is 19.6 Å². The summed E-state index contributed by atoms with van der Waals surface area (Å²) in [5, 5.41) is 3.45. The standard InChI is InChI=1S/C15H24FN3/c1-4-18-14(12-7-8-17-11-13(12)16)15(2,3)19-9-5-6-10-19/h7-8,11,14,18H,4-6,9-10H2,1-3H3. The minimum Gasteiger partial charge on any atom is -0.309 e. The molecule has 0 bridgehead atoms.